The van der Waals surface area contributed by atoms with Gasteiger partial charge < -0.3 is 14.5 Å². The Kier molecular flexibility index (Phi) is 8.43. The first-order valence-electron chi connectivity index (χ1n) is 8.16. The maximum atomic E-state index is 6.17. The summed E-state index contributed by atoms with van der Waals surface area (Å²) in [6.45, 7) is 1.57. The molecule has 27 heavy (non-hydrogen) atoms. The van der Waals surface area contributed by atoms with Crippen molar-refractivity contribution in [2.75, 3.05) is 19.4 Å². The number of aromatic nitrogens is 4. The van der Waals surface area contributed by atoms with Gasteiger partial charge in [0.25, 0.3) is 0 Å². The quantitative estimate of drug-likeness (QED) is 0.408. The molecule has 0 unspecified atom stereocenters. The van der Waals surface area contributed by atoms with Crippen molar-refractivity contribution in [3.63, 3.8) is 0 Å². The van der Waals surface area contributed by atoms with E-state index >= 15 is 0 Å². The van der Waals surface area contributed by atoms with Gasteiger partial charge in [0, 0.05) is 18.4 Å². The lowest BCUT2D eigenvalue weighted by atomic mass is 10.2. The van der Waals surface area contributed by atoms with Crippen molar-refractivity contribution in [3.05, 3.63) is 41.1 Å². The molecule has 2 heterocycles. The molecule has 146 valence electrons. The molecular formula is C17H21Cl2N5O2S. The van der Waals surface area contributed by atoms with Crippen molar-refractivity contribution in [3.8, 4) is 17.1 Å². The van der Waals surface area contributed by atoms with E-state index in [1.807, 2.05) is 37.4 Å². The molecule has 0 radical (unpaired) electrons. The number of rotatable bonds is 9. The average molecular weight is 430 g/mol. The van der Waals surface area contributed by atoms with Crippen LogP contribution < -0.4 is 10.1 Å². The van der Waals surface area contributed by atoms with E-state index in [1.165, 1.54) is 0 Å². The molecule has 3 aromatic rings. The number of thioether (sulfide) groups is 1. The standard InChI is InChI=1S/C17H20ClN5O2S.ClH/c1-23-17(20-21-22-23)26-9-3-8-19-11-13-5-7-15(25-13)12-4-6-16(24-2)14(18)10-12;/h4-7,10,19H,3,8-9,11H2,1-2H3;1H. The molecule has 0 fully saturated rings. The largest absolute Gasteiger partial charge is 0.495 e. The molecule has 0 spiro atoms. The zero-order valence-electron chi connectivity index (χ0n) is 15.0. The Balaban J connectivity index is 0.00000261. The van der Waals surface area contributed by atoms with Crippen molar-refractivity contribution in [1.29, 1.82) is 0 Å². The fourth-order valence-electron chi connectivity index (χ4n) is 2.36. The van der Waals surface area contributed by atoms with Crippen molar-refractivity contribution in [2.45, 2.75) is 18.1 Å². The first kappa shape index (κ1) is 21.6. The van der Waals surface area contributed by atoms with E-state index in [9.17, 15) is 0 Å². The Labute approximate surface area is 173 Å². The van der Waals surface area contributed by atoms with Gasteiger partial charge in [0.2, 0.25) is 5.16 Å². The second-order valence-electron chi connectivity index (χ2n) is 5.58. The Bertz CT molecular complexity index is 855. The number of methoxy groups -OCH3 is 1. The van der Waals surface area contributed by atoms with E-state index < -0.39 is 0 Å². The van der Waals surface area contributed by atoms with Crippen molar-refractivity contribution in [1.82, 2.24) is 25.5 Å². The van der Waals surface area contributed by atoms with Crippen LogP contribution in [-0.2, 0) is 13.6 Å². The van der Waals surface area contributed by atoms with E-state index in [0.29, 0.717) is 17.3 Å². The molecule has 1 N–H and O–H groups in total. The zero-order valence-corrected chi connectivity index (χ0v) is 17.4. The van der Waals surface area contributed by atoms with Gasteiger partial charge >= 0.3 is 0 Å². The molecule has 0 aliphatic carbocycles. The van der Waals surface area contributed by atoms with Crippen LogP contribution in [0.3, 0.4) is 0 Å². The van der Waals surface area contributed by atoms with Gasteiger partial charge in [0.1, 0.15) is 17.3 Å². The second kappa shape index (κ2) is 10.6. The molecule has 0 atom stereocenters. The molecule has 0 aliphatic rings. The Morgan fingerprint density at radius 1 is 1.30 bits per heavy atom. The molecule has 0 aliphatic heterocycles. The summed E-state index contributed by atoms with van der Waals surface area (Å²) in [6.07, 6.45) is 1.01. The number of benzene rings is 1. The van der Waals surface area contributed by atoms with Crippen LogP contribution >= 0.6 is 35.8 Å². The lowest BCUT2D eigenvalue weighted by Crippen LogP contribution is -2.14. The van der Waals surface area contributed by atoms with Gasteiger partial charge in [-0.25, -0.2) is 4.68 Å². The number of ether oxygens (including phenoxy) is 1. The Morgan fingerprint density at radius 2 is 2.15 bits per heavy atom. The van der Waals surface area contributed by atoms with E-state index in [4.69, 9.17) is 20.8 Å². The van der Waals surface area contributed by atoms with E-state index in [1.54, 1.807) is 23.6 Å². The SMILES string of the molecule is COc1ccc(-c2ccc(CNCCCSc3nnnn3C)o2)cc1Cl.Cl. The predicted molar refractivity (Wildman–Crippen MR) is 109 cm³/mol. The van der Waals surface area contributed by atoms with Crippen LogP contribution in [0, 0.1) is 0 Å². The molecular weight excluding hydrogens is 409 g/mol. The highest BCUT2D eigenvalue weighted by atomic mass is 35.5. The normalized spacial score (nSPS) is 10.6. The number of aryl methyl sites for hydroxylation is 1. The summed E-state index contributed by atoms with van der Waals surface area (Å²) in [5.41, 5.74) is 0.927. The zero-order chi connectivity index (χ0) is 18.4. The maximum Gasteiger partial charge on any atom is 0.209 e. The van der Waals surface area contributed by atoms with Gasteiger partial charge in [-0.05, 0) is 53.7 Å². The molecule has 2 aromatic heterocycles. The summed E-state index contributed by atoms with van der Waals surface area (Å²) in [4.78, 5) is 0. The average Bonchev–Trinajstić information content (AvgIpc) is 3.27. The third-order valence-corrected chi connectivity index (χ3v) is 5.10. The van der Waals surface area contributed by atoms with Gasteiger partial charge in [-0.15, -0.1) is 17.5 Å². The van der Waals surface area contributed by atoms with Crippen molar-refractivity contribution in [2.24, 2.45) is 7.05 Å². The molecule has 0 saturated carbocycles. The van der Waals surface area contributed by atoms with Crippen LogP contribution in [0.5, 0.6) is 5.75 Å². The number of nitrogens with one attached hydrogen (secondary N) is 1. The Hall–Kier alpha value is -1.74. The van der Waals surface area contributed by atoms with Crippen LogP contribution in [0.25, 0.3) is 11.3 Å². The highest BCUT2D eigenvalue weighted by Crippen LogP contribution is 2.31. The third kappa shape index (κ3) is 5.87. The molecule has 0 bridgehead atoms. The van der Waals surface area contributed by atoms with Crippen molar-refractivity contribution >= 4 is 35.8 Å². The minimum Gasteiger partial charge on any atom is -0.495 e. The van der Waals surface area contributed by atoms with Crippen LogP contribution in [0.1, 0.15) is 12.2 Å². The second-order valence-corrected chi connectivity index (χ2v) is 7.05. The smallest absolute Gasteiger partial charge is 0.209 e. The van der Waals surface area contributed by atoms with Gasteiger partial charge in [-0.2, -0.15) is 0 Å². The highest BCUT2D eigenvalue weighted by molar-refractivity contribution is 7.99. The number of tetrazole rings is 1. The molecule has 1 aromatic carbocycles. The fraction of sp³-hybridized carbons (Fsp3) is 0.353. The van der Waals surface area contributed by atoms with Gasteiger partial charge in [0.15, 0.2) is 0 Å². The van der Waals surface area contributed by atoms with E-state index in [-0.39, 0.29) is 12.4 Å². The van der Waals surface area contributed by atoms with Gasteiger partial charge in [-0.3, -0.25) is 0 Å². The van der Waals surface area contributed by atoms with Crippen molar-refractivity contribution < 1.29 is 9.15 Å². The summed E-state index contributed by atoms with van der Waals surface area (Å²) >= 11 is 7.82. The highest BCUT2D eigenvalue weighted by Gasteiger charge is 2.08. The summed E-state index contributed by atoms with van der Waals surface area (Å²) in [5.74, 6) is 3.28. The van der Waals surface area contributed by atoms with Crippen LogP contribution in [-0.4, -0.2) is 39.6 Å². The third-order valence-electron chi connectivity index (χ3n) is 3.71. The van der Waals surface area contributed by atoms with Gasteiger partial charge in [-0.1, -0.05) is 23.4 Å². The molecule has 3 rings (SSSR count). The molecule has 7 nitrogen and oxygen atoms in total. The lowest BCUT2D eigenvalue weighted by molar-refractivity contribution is 0.415. The maximum absolute atomic E-state index is 6.17. The van der Waals surface area contributed by atoms with Crippen LogP contribution in [0.15, 0.2) is 39.9 Å². The molecule has 0 saturated heterocycles. The minimum atomic E-state index is 0. The number of furan rings is 1. The van der Waals surface area contributed by atoms with Crippen LogP contribution in [0.4, 0.5) is 0 Å². The number of halogens is 2. The number of nitrogens with zero attached hydrogens (tertiary/aromatic N) is 4. The predicted octanol–water partition coefficient (Wildman–Crippen LogP) is 3.83. The first-order valence-corrected chi connectivity index (χ1v) is 9.52. The summed E-state index contributed by atoms with van der Waals surface area (Å²) in [5, 5.41) is 16.1. The summed E-state index contributed by atoms with van der Waals surface area (Å²) in [6, 6.07) is 9.53. The minimum absolute atomic E-state index is 0. The van der Waals surface area contributed by atoms with E-state index in [2.05, 4.69) is 20.8 Å². The molecule has 0 amide bonds. The lowest BCUT2D eigenvalue weighted by Gasteiger charge is -2.05. The van der Waals surface area contributed by atoms with Gasteiger partial charge in [0.05, 0.1) is 18.7 Å². The monoisotopic (exact) mass is 429 g/mol. The number of hydrogen-bond donors (Lipinski definition) is 1. The molecule has 10 heteroatoms. The number of hydrogen-bond acceptors (Lipinski definition) is 7. The summed E-state index contributed by atoms with van der Waals surface area (Å²) < 4.78 is 12.7. The van der Waals surface area contributed by atoms with Crippen LogP contribution in [0.2, 0.25) is 5.02 Å². The summed E-state index contributed by atoms with van der Waals surface area (Å²) in [7, 11) is 3.44. The topological polar surface area (TPSA) is 78.0 Å². The first-order chi connectivity index (χ1) is 12.7. The fourth-order valence-corrected chi connectivity index (χ4v) is 3.41. The van der Waals surface area contributed by atoms with E-state index in [0.717, 1.165) is 41.0 Å². The Morgan fingerprint density at radius 3 is 2.85 bits per heavy atom.